The van der Waals surface area contributed by atoms with Crippen LogP contribution in [0.2, 0.25) is 0 Å². The lowest BCUT2D eigenvalue weighted by atomic mass is 9.97. The molecule has 0 aliphatic carbocycles. The molecule has 3 rings (SSSR count). The summed E-state index contributed by atoms with van der Waals surface area (Å²) in [5.41, 5.74) is 2.52. The first-order valence-corrected chi connectivity index (χ1v) is 10.6. The van der Waals surface area contributed by atoms with E-state index >= 15 is 0 Å². The van der Waals surface area contributed by atoms with Gasteiger partial charge >= 0.3 is 6.36 Å². The van der Waals surface area contributed by atoms with Crippen molar-refractivity contribution in [2.24, 2.45) is 5.92 Å². The number of pyridine rings is 1. The molecule has 1 aliphatic rings. The lowest BCUT2D eigenvalue weighted by molar-refractivity contribution is -0.274. The predicted octanol–water partition coefficient (Wildman–Crippen LogP) is 5.31. The number of carbonyl (C=O) groups excluding carboxylic acids is 1. The van der Waals surface area contributed by atoms with Crippen molar-refractivity contribution in [3.8, 4) is 5.75 Å². The average molecular weight is 451 g/mol. The molecule has 0 bridgehead atoms. The second-order valence-electron chi connectivity index (χ2n) is 8.23. The Labute approximate surface area is 185 Å². The van der Waals surface area contributed by atoms with Gasteiger partial charge in [-0.25, -0.2) is 4.98 Å². The van der Waals surface area contributed by atoms with Crippen molar-refractivity contribution in [2.75, 3.05) is 25.1 Å². The first-order chi connectivity index (χ1) is 15.1. The largest absolute Gasteiger partial charge is 0.573 e. The molecule has 1 aromatic heterocycles. The topological polar surface area (TPSA) is 72.5 Å². The van der Waals surface area contributed by atoms with E-state index in [0.717, 1.165) is 31.6 Å². The highest BCUT2D eigenvalue weighted by molar-refractivity contribution is 5.96. The van der Waals surface area contributed by atoms with E-state index in [4.69, 9.17) is 4.74 Å². The number of aryl methyl sites for hydroxylation is 1. The number of benzene rings is 1. The number of carbonyl (C=O) groups is 1. The summed E-state index contributed by atoms with van der Waals surface area (Å²) in [5.74, 6) is 0.543. The van der Waals surface area contributed by atoms with Gasteiger partial charge in [-0.3, -0.25) is 4.79 Å². The molecular formula is C23H28F3N3O3. The van der Waals surface area contributed by atoms with Gasteiger partial charge in [0, 0.05) is 31.6 Å². The molecule has 2 heterocycles. The average Bonchev–Trinajstić information content (AvgIpc) is 2.73. The quantitative estimate of drug-likeness (QED) is 0.597. The van der Waals surface area contributed by atoms with Crippen molar-refractivity contribution in [3.05, 3.63) is 47.2 Å². The van der Waals surface area contributed by atoms with E-state index in [2.05, 4.69) is 20.4 Å². The maximum atomic E-state index is 12.8. The maximum Gasteiger partial charge on any atom is 0.573 e. The maximum absolute atomic E-state index is 12.8. The molecule has 0 atom stereocenters. The standard InChI is InChI=1S/C23H28F3N3O3/c1-14(2)18-11-21(29-20-5-4-17(10-15(20)3)32-23(24,25)26)27-13-19(18)22(30)28-12-16-6-8-31-9-7-16/h4-5,10-11,13-14,16H,6-9,12H2,1-3H3,(H,27,29)(H,28,30). The van der Waals surface area contributed by atoms with Crippen LogP contribution in [0.5, 0.6) is 5.75 Å². The Morgan fingerprint density at radius 1 is 1.25 bits per heavy atom. The number of ether oxygens (including phenoxy) is 2. The van der Waals surface area contributed by atoms with Crippen LogP contribution in [0.3, 0.4) is 0 Å². The van der Waals surface area contributed by atoms with Crippen molar-refractivity contribution in [1.82, 2.24) is 10.3 Å². The summed E-state index contributed by atoms with van der Waals surface area (Å²) < 4.78 is 46.6. The zero-order valence-electron chi connectivity index (χ0n) is 18.4. The van der Waals surface area contributed by atoms with Gasteiger partial charge in [-0.1, -0.05) is 13.8 Å². The molecule has 1 fully saturated rings. The minimum absolute atomic E-state index is 0.0750. The number of hydrogen-bond acceptors (Lipinski definition) is 5. The van der Waals surface area contributed by atoms with Gasteiger partial charge in [0.15, 0.2) is 0 Å². The number of anilines is 2. The van der Waals surface area contributed by atoms with E-state index in [-0.39, 0.29) is 17.6 Å². The van der Waals surface area contributed by atoms with E-state index in [9.17, 15) is 18.0 Å². The number of amides is 1. The van der Waals surface area contributed by atoms with Gasteiger partial charge in [-0.05, 0) is 67.0 Å². The summed E-state index contributed by atoms with van der Waals surface area (Å²) in [4.78, 5) is 17.1. The molecule has 1 aliphatic heterocycles. The second kappa shape index (κ2) is 10.2. The fourth-order valence-electron chi connectivity index (χ4n) is 3.60. The van der Waals surface area contributed by atoms with Crippen molar-refractivity contribution in [1.29, 1.82) is 0 Å². The summed E-state index contributed by atoms with van der Waals surface area (Å²) in [6, 6.07) is 5.84. The minimum Gasteiger partial charge on any atom is -0.406 e. The van der Waals surface area contributed by atoms with Crippen molar-refractivity contribution >= 4 is 17.4 Å². The van der Waals surface area contributed by atoms with Crippen molar-refractivity contribution in [2.45, 2.75) is 45.9 Å². The highest BCUT2D eigenvalue weighted by Crippen LogP contribution is 2.29. The first kappa shape index (κ1) is 23.8. The third kappa shape index (κ3) is 6.59. The van der Waals surface area contributed by atoms with Crippen LogP contribution >= 0.6 is 0 Å². The summed E-state index contributed by atoms with van der Waals surface area (Å²) in [6.45, 7) is 7.70. The molecule has 32 heavy (non-hydrogen) atoms. The van der Waals surface area contributed by atoms with Crippen molar-refractivity contribution < 1.29 is 27.4 Å². The molecule has 0 radical (unpaired) electrons. The van der Waals surface area contributed by atoms with Crippen LogP contribution in [-0.2, 0) is 4.74 Å². The number of halogens is 3. The Morgan fingerprint density at radius 3 is 2.59 bits per heavy atom. The number of nitrogens with one attached hydrogen (secondary N) is 2. The summed E-state index contributed by atoms with van der Waals surface area (Å²) in [7, 11) is 0. The van der Waals surface area contributed by atoms with Gasteiger partial charge in [0.1, 0.15) is 11.6 Å². The molecule has 1 saturated heterocycles. The number of nitrogens with zero attached hydrogens (tertiary/aromatic N) is 1. The Balaban J connectivity index is 1.72. The summed E-state index contributed by atoms with van der Waals surface area (Å²) in [5, 5.41) is 6.12. The fraction of sp³-hybridized carbons (Fsp3) is 0.478. The highest BCUT2D eigenvalue weighted by atomic mass is 19.4. The number of alkyl halides is 3. The number of hydrogen-bond donors (Lipinski definition) is 2. The number of rotatable bonds is 7. The zero-order valence-corrected chi connectivity index (χ0v) is 18.4. The normalized spacial score (nSPS) is 15.0. The van der Waals surface area contributed by atoms with Gasteiger partial charge in [-0.2, -0.15) is 0 Å². The molecule has 9 heteroatoms. The highest BCUT2D eigenvalue weighted by Gasteiger charge is 2.31. The van der Waals surface area contributed by atoms with E-state index in [1.807, 2.05) is 13.8 Å². The van der Waals surface area contributed by atoms with Gasteiger partial charge in [0.05, 0.1) is 5.56 Å². The fourth-order valence-corrected chi connectivity index (χ4v) is 3.60. The van der Waals surface area contributed by atoms with Crippen LogP contribution < -0.4 is 15.4 Å². The van der Waals surface area contributed by atoms with Crippen LogP contribution in [0.1, 0.15) is 54.1 Å². The molecule has 174 valence electrons. The van der Waals surface area contributed by atoms with Crippen LogP contribution in [0, 0.1) is 12.8 Å². The van der Waals surface area contributed by atoms with Gasteiger partial charge in [-0.15, -0.1) is 13.2 Å². The van der Waals surface area contributed by atoms with Gasteiger partial charge < -0.3 is 20.1 Å². The smallest absolute Gasteiger partial charge is 0.406 e. The Bertz CT molecular complexity index is 942. The molecular weight excluding hydrogens is 423 g/mol. The van der Waals surface area contributed by atoms with E-state index in [0.29, 0.717) is 35.1 Å². The van der Waals surface area contributed by atoms with E-state index in [1.54, 1.807) is 13.0 Å². The van der Waals surface area contributed by atoms with Crippen molar-refractivity contribution in [3.63, 3.8) is 0 Å². The molecule has 0 spiro atoms. The predicted molar refractivity (Wildman–Crippen MR) is 115 cm³/mol. The lowest BCUT2D eigenvalue weighted by Gasteiger charge is -2.22. The van der Waals surface area contributed by atoms with Crippen LogP contribution in [0.25, 0.3) is 0 Å². The Hall–Kier alpha value is -2.81. The van der Waals surface area contributed by atoms with Gasteiger partial charge in [0.2, 0.25) is 0 Å². The van der Waals surface area contributed by atoms with Gasteiger partial charge in [0.25, 0.3) is 5.91 Å². The minimum atomic E-state index is -4.74. The number of aromatic nitrogens is 1. The lowest BCUT2D eigenvalue weighted by Crippen LogP contribution is -2.32. The molecule has 2 aromatic rings. The summed E-state index contributed by atoms with van der Waals surface area (Å²) in [6.07, 6.45) is -1.33. The molecule has 0 unspecified atom stereocenters. The first-order valence-electron chi connectivity index (χ1n) is 10.6. The third-order valence-electron chi connectivity index (χ3n) is 5.39. The monoisotopic (exact) mass is 451 g/mol. The SMILES string of the molecule is Cc1cc(OC(F)(F)F)ccc1Nc1cc(C(C)C)c(C(=O)NCC2CCOCC2)cn1. The molecule has 1 aromatic carbocycles. The summed E-state index contributed by atoms with van der Waals surface area (Å²) >= 11 is 0. The zero-order chi connectivity index (χ0) is 23.3. The molecule has 6 nitrogen and oxygen atoms in total. The third-order valence-corrected chi connectivity index (χ3v) is 5.39. The Morgan fingerprint density at radius 2 is 1.97 bits per heavy atom. The van der Waals surface area contributed by atoms with Crippen LogP contribution in [-0.4, -0.2) is 37.0 Å². The second-order valence-corrected chi connectivity index (χ2v) is 8.23. The van der Waals surface area contributed by atoms with Crippen LogP contribution in [0.15, 0.2) is 30.5 Å². The van der Waals surface area contributed by atoms with E-state index in [1.165, 1.54) is 24.4 Å². The molecule has 2 N–H and O–H groups in total. The molecule has 1 amide bonds. The van der Waals surface area contributed by atoms with Crippen LogP contribution in [0.4, 0.5) is 24.7 Å². The van der Waals surface area contributed by atoms with E-state index < -0.39 is 6.36 Å². The Kier molecular flexibility index (Phi) is 7.60. The molecule has 0 saturated carbocycles.